The number of furan rings is 1. The van der Waals surface area contributed by atoms with Gasteiger partial charge in [0.25, 0.3) is 0 Å². The van der Waals surface area contributed by atoms with Crippen LogP contribution in [0, 0.1) is 5.92 Å². The molecule has 0 aliphatic carbocycles. The number of aromatic nitrogens is 2. The van der Waals surface area contributed by atoms with Crippen molar-refractivity contribution in [2.45, 2.75) is 26.5 Å². The molecule has 0 aliphatic rings. The molecule has 2 N–H and O–H groups in total. The molecule has 2 aromatic rings. The highest BCUT2D eigenvalue weighted by Gasteiger charge is 2.05. The van der Waals surface area contributed by atoms with Crippen LogP contribution in [0.3, 0.4) is 0 Å². The Hall–Kier alpha value is -1.55. The van der Waals surface area contributed by atoms with E-state index in [1.807, 2.05) is 29.1 Å². The second-order valence-electron chi connectivity index (χ2n) is 5.70. The summed E-state index contributed by atoms with van der Waals surface area (Å²) in [6.45, 7) is 5.92. The van der Waals surface area contributed by atoms with Crippen molar-refractivity contribution in [1.29, 1.82) is 0 Å². The van der Waals surface area contributed by atoms with Gasteiger partial charge in [-0.25, -0.2) is 0 Å². The average molecular weight is 461 g/mol. The number of nitrogens with zero attached hydrogens (tertiary/aromatic N) is 3. The molecule has 1 atom stereocenters. The molecule has 2 heterocycles. The van der Waals surface area contributed by atoms with Crippen LogP contribution < -0.4 is 10.6 Å². The van der Waals surface area contributed by atoms with E-state index in [1.165, 1.54) is 0 Å². The maximum Gasteiger partial charge on any atom is 0.190 e. The highest BCUT2D eigenvalue weighted by Crippen LogP contribution is 2.01. The zero-order valence-electron chi connectivity index (χ0n) is 14.9. The second kappa shape index (κ2) is 12.8. The molecule has 140 valence electrons. The van der Waals surface area contributed by atoms with Crippen LogP contribution in [0.15, 0.2) is 46.3 Å². The van der Waals surface area contributed by atoms with E-state index in [1.54, 1.807) is 19.5 Å². The smallest absolute Gasteiger partial charge is 0.190 e. The summed E-state index contributed by atoms with van der Waals surface area (Å²) in [5.41, 5.74) is 0. The summed E-state index contributed by atoms with van der Waals surface area (Å²) in [5, 5.41) is 10.8. The minimum absolute atomic E-state index is 0. The summed E-state index contributed by atoms with van der Waals surface area (Å²) in [6, 6.07) is 5.71. The van der Waals surface area contributed by atoms with E-state index in [4.69, 9.17) is 9.15 Å². The Kier molecular flexibility index (Phi) is 11.0. The van der Waals surface area contributed by atoms with Crippen LogP contribution in [0.5, 0.6) is 0 Å². The maximum atomic E-state index is 5.55. The van der Waals surface area contributed by atoms with Gasteiger partial charge < -0.3 is 19.8 Å². The van der Waals surface area contributed by atoms with Crippen molar-refractivity contribution in [2.24, 2.45) is 10.9 Å². The first-order valence-electron chi connectivity index (χ1n) is 8.30. The molecule has 7 nitrogen and oxygen atoms in total. The van der Waals surface area contributed by atoms with Gasteiger partial charge in [-0.1, -0.05) is 6.92 Å². The van der Waals surface area contributed by atoms with E-state index >= 15 is 0 Å². The number of ether oxygens (including phenoxy) is 1. The van der Waals surface area contributed by atoms with Gasteiger partial charge in [-0.15, -0.1) is 24.0 Å². The summed E-state index contributed by atoms with van der Waals surface area (Å²) >= 11 is 0. The standard InChI is InChI=1S/C17H27N5O2.HI/c1-15(13-22-9-4-8-21-22)12-20-17(18-2)19-7-5-10-23-14-16-6-3-11-24-16;/h3-4,6,8-9,11,15H,5,7,10,12-14H2,1-2H3,(H2,18,19,20);1H. The second-order valence-corrected chi connectivity index (χ2v) is 5.70. The lowest BCUT2D eigenvalue weighted by Gasteiger charge is -2.16. The van der Waals surface area contributed by atoms with Gasteiger partial charge in [0.15, 0.2) is 5.96 Å². The van der Waals surface area contributed by atoms with E-state index in [-0.39, 0.29) is 24.0 Å². The fourth-order valence-corrected chi connectivity index (χ4v) is 2.23. The minimum Gasteiger partial charge on any atom is -0.467 e. The van der Waals surface area contributed by atoms with E-state index in [2.05, 4.69) is 27.6 Å². The third-order valence-corrected chi connectivity index (χ3v) is 3.48. The van der Waals surface area contributed by atoms with Gasteiger partial charge in [0.2, 0.25) is 0 Å². The third kappa shape index (κ3) is 8.92. The summed E-state index contributed by atoms with van der Waals surface area (Å²) in [7, 11) is 1.78. The van der Waals surface area contributed by atoms with Crippen LogP contribution in [-0.2, 0) is 17.9 Å². The van der Waals surface area contributed by atoms with E-state index < -0.39 is 0 Å². The van der Waals surface area contributed by atoms with Crippen molar-refractivity contribution < 1.29 is 9.15 Å². The molecule has 0 aliphatic heterocycles. The first kappa shape index (κ1) is 21.5. The number of rotatable bonds is 10. The van der Waals surface area contributed by atoms with Crippen molar-refractivity contribution in [3.05, 3.63) is 42.6 Å². The lowest BCUT2D eigenvalue weighted by molar-refractivity contribution is 0.105. The summed E-state index contributed by atoms with van der Waals surface area (Å²) in [6.07, 6.45) is 6.34. The number of nitrogens with one attached hydrogen (secondary N) is 2. The predicted octanol–water partition coefficient (Wildman–Crippen LogP) is 2.50. The van der Waals surface area contributed by atoms with E-state index in [0.29, 0.717) is 19.1 Å². The zero-order valence-corrected chi connectivity index (χ0v) is 17.2. The number of aliphatic imine (C=N–C) groups is 1. The molecule has 1 unspecified atom stereocenters. The summed E-state index contributed by atoms with van der Waals surface area (Å²) in [4.78, 5) is 4.23. The van der Waals surface area contributed by atoms with Crippen molar-refractivity contribution in [3.63, 3.8) is 0 Å². The Balaban J connectivity index is 0.00000312. The molecule has 0 bridgehead atoms. The lowest BCUT2D eigenvalue weighted by Crippen LogP contribution is -2.40. The first-order valence-corrected chi connectivity index (χ1v) is 8.30. The Bertz CT molecular complexity index is 572. The molecule has 2 rings (SSSR count). The Morgan fingerprint density at radius 1 is 1.40 bits per heavy atom. The van der Waals surface area contributed by atoms with Crippen LogP contribution in [0.2, 0.25) is 0 Å². The largest absolute Gasteiger partial charge is 0.467 e. The van der Waals surface area contributed by atoms with E-state index in [9.17, 15) is 0 Å². The van der Waals surface area contributed by atoms with Crippen molar-refractivity contribution in [3.8, 4) is 0 Å². The molecular weight excluding hydrogens is 433 g/mol. The lowest BCUT2D eigenvalue weighted by atomic mass is 10.2. The molecule has 0 amide bonds. The van der Waals surface area contributed by atoms with E-state index in [0.717, 1.165) is 37.8 Å². The third-order valence-electron chi connectivity index (χ3n) is 3.48. The average Bonchev–Trinajstić information content (AvgIpc) is 3.27. The van der Waals surface area contributed by atoms with Gasteiger partial charge in [0, 0.05) is 45.7 Å². The molecule has 0 radical (unpaired) electrons. The van der Waals surface area contributed by atoms with Gasteiger partial charge in [-0.3, -0.25) is 9.67 Å². The molecule has 0 spiro atoms. The first-order chi connectivity index (χ1) is 11.8. The van der Waals surface area contributed by atoms with Crippen LogP contribution >= 0.6 is 24.0 Å². The molecule has 2 aromatic heterocycles. The molecule has 25 heavy (non-hydrogen) atoms. The van der Waals surface area contributed by atoms with Gasteiger partial charge in [-0.2, -0.15) is 5.10 Å². The fraction of sp³-hybridized carbons (Fsp3) is 0.529. The highest BCUT2D eigenvalue weighted by molar-refractivity contribution is 14.0. The maximum absolute atomic E-state index is 5.55. The van der Waals surface area contributed by atoms with Crippen molar-refractivity contribution >= 4 is 29.9 Å². The fourth-order valence-electron chi connectivity index (χ4n) is 2.23. The van der Waals surface area contributed by atoms with Gasteiger partial charge in [0.1, 0.15) is 12.4 Å². The van der Waals surface area contributed by atoms with Crippen molar-refractivity contribution in [2.75, 3.05) is 26.7 Å². The van der Waals surface area contributed by atoms with Crippen LogP contribution in [-0.4, -0.2) is 42.5 Å². The molecule has 0 aromatic carbocycles. The monoisotopic (exact) mass is 461 g/mol. The number of hydrogen-bond donors (Lipinski definition) is 2. The zero-order chi connectivity index (χ0) is 17.0. The molecular formula is C17H28IN5O2. The number of hydrogen-bond acceptors (Lipinski definition) is 4. The van der Waals surface area contributed by atoms with Crippen LogP contribution in [0.4, 0.5) is 0 Å². The topological polar surface area (TPSA) is 76.6 Å². The summed E-state index contributed by atoms with van der Waals surface area (Å²) in [5.74, 6) is 2.13. The Morgan fingerprint density at radius 2 is 2.28 bits per heavy atom. The normalized spacial score (nSPS) is 12.5. The quantitative estimate of drug-likeness (QED) is 0.246. The highest BCUT2D eigenvalue weighted by atomic mass is 127. The SMILES string of the molecule is CN=C(NCCCOCc1ccco1)NCC(C)Cn1cccn1.I. The molecule has 0 fully saturated rings. The number of guanidine groups is 1. The molecule has 0 saturated carbocycles. The van der Waals surface area contributed by atoms with Crippen LogP contribution in [0.1, 0.15) is 19.1 Å². The van der Waals surface area contributed by atoms with Crippen LogP contribution in [0.25, 0.3) is 0 Å². The summed E-state index contributed by atoms with van der Waals surface area (Å²) < 4.78 is 12.7. The van der Waals surface area contributed by atoms with Gasteiger partial charge >= 0.3 is 0 Å². The Morgan fingerprint density at radius 3 is 2.96 bits per heavy atom. The Labute approximate surface area is 166 Å². The molecule has 0 saturated heterocycles. The minimum atomic E-state index is 0. The van der Waals surface area contributed by atoms with Gasteiger partial charge in [-0.05, 0) is 30.5 Å². The predicted molar refractivity (Wildman–Crippen MR) is 109 cm³/mol. The van der Waals surface area contributed by atoms with Crippen molar-refractivity contribution in [1.82, 2.24) is 20.4 Å². The molecule has 8 heteroatoms. The van der Waals surface area contributed by atoms with Gasteiger partial charge in [0.05, 0.1) is 6.26 Å². The number of halogens is 1.